The fraction of sp³-hybridized carbons (Fsp3) is 0.276. The standard InChI is InChI=1S/C29H32Cl2N8O4/c1-5-12-32-27(41)36-22-14-24(34-16-33-22)43-20-11-10-19(25(30)26(20)31)35-28(42)37-23-13-21(29(2,3)4)38-39(23)18-8-6-17(15-40)7-9-18/h6-11,13-14,16,40H,5,12,15H2,1-4H3,(H2,35,37,42)(H2,32,33,34,36,41). The molecule has 0 aliphatic carbocycles. The Morgan fingerprint density at radius 3 is 2.37 bits per heavy atom. The van der Waals surface area contributed by atoms with Gasteiger partial charge >= 0.3 is 12.1 Å². The zero-order chi connectivity index (χ0) is 31.1. The molecule has 4 amide bonds. The average molecular weight is 628 g/mol. The normalized spacial score (nSPS) is 11.1. The highest BCUT2D eigenvalue weighted by Gasteiger charge is 2.22. The highest BCUT2D eigenvalue weighted by atomic mass is 35.5. The average Bonchev–Trinajstić information content (AvgIpc) is 3.40. The van der Waals surface area contributed by atoms with Crippen LogP contribution < -0.4 is 26.0 Å². The Morgan fingerprint density at radius 2 is 1.70 bits per heavy atom. The van der Waals surface area contributed by atoms with Crippen LogP contribution in [0.5, 0.6) is 11.6 Å². The van der Waals surface area contributed by atoms with E-state index in [1.807, 2.05) is 27.7 Å². The van der Waals surface area contributed by atoms with Gasteiger partial charge in [0.05, 0.1) is 28.7 Å². The van der Waals surface area contributed by atoms with E-state index in [-0.39, 0.29) is 45.2 Å². The number of rotatable bonds is 9. The zero-order valence-corrected chi connectivity index (χ0v) is 25.5. The summed E-state index contributed by atoms with van der Waals surface area (Å²) in [5, 5.41) is 25.0. The molecule has 226 valence electrons. The lowest BCUT2D eigenvalue weighted by Crippen LogP contribution is -2.29. The number of ether oxygens (including phenoxy) is 1. The molecule has 4 rings (SSSR count). The molecule has 0 spiro atoms. The van der Waals surface area contributed by atoms with Gasteiger partial charge in [0, 0.05) is 24.1 Å². The number of aromatic nitrogens is 4. The lowest BCUT2D eigenvalue weighted by molar-refractivity contribution is 0.252. The summed E-state index contributed by atoms with van der Waals surface area (Å²) in [6, 6.07) is 12.5. The van der Waals surface area contributed by atoms with Crippen LogP contribution in [-0.4, -0.2) is 43.5 Å². The van der Waals surface area contributed by atoms with Gasteiger partial charge in [-0.1, -0.05) is 63.0 Å². The molecule has 2 aromatic carbocycles. The van der Waals surface area contributed by atoms with Crippen LogP contribution in [0.2, 0.25) is 10.0 Å². The van der Waals surface area contributed by atoms with Gasteiger partial charge in [-0.2, -0.15) is 5.10 Å². The number of anilines is 3. The second-order valence-corrected chi connectivity index (χ2v) is 11.2. The van der Waals surface area contributed by atoms with Crippen molar-refractivity contribution in [3.8, 4) is 17.3 Å². The molecule has 0 aliphatic heterocycles. The van der Waals surface area contributed by atoms with Gasteiger partial charge in [0.25, 0.3) is 0 Å². The van der Waals surface area contributed by atoms with Gasteiger partial charge in [0.2, 0.25) is 5.88 Å². The molecule has 0 unspecified atom stereocenters. The van der Waals surface area contributed by atoms with Crippen molar-refractivity contribution < 1.29 is 19.4 Å². The molecule has 2 heterocycles. The van der Waals surface area contributed by atoms with Crippen LogP contribution in [0.3, 0.4) is 0 Å². The molecular formula is C29H32Cl2N8O4. The topological polar surface area (TPSA) is 155 Å². The van der Waals surface area contributed by atoms with Crippen molar-refractivity contribution in [2.24, 2.45) is 0 Å². The first-order valence-electron chi connectivity index (χ1n) is 13.4. The third-order valence-electron chi connectivity index (χ3n) is 6.01. The molecule has 5 N–H and O–H groups in total. The van der Waals surface area contributed by atoms with Crippen molar-refractivity contribution in [3.63, 3.8) is 0 Å². The van der Waals surface area contributed by atoms with E-state index in [0.717, 1.165) is 17.7 Å². The Labute approximate surface area is 258 Å². The fourth-order valence-electron chi connectivity index (χ4n) is 3.73. The van der Waals surface area contributed by atoms with Crippen molar-refractivity contribution >= 4 is 52.6 Å². The van der Waals surface area contributed by atoms with Gasteiger partial charge in [-0.15, -0.1) is 0 Å². The smallest absolute Gasteiger partial charge is 0.324 e. The van der Waals surface area contributed by atoms with Crippen LogP contribution in [0.4, 0.5) is 26.9 Å². The van der Waals surface area contributed by atoms with Crippen LogP contribution in [0, 0.1) is 0 Å². The third kappa shape index (κ3) is 8.13. The minimum atomic E-state index is -0.576. The van der Waals surface area contributed by atoms with Crippen LogP contribution in [0.15, 0.2) is 54.9 Å². The number of halogens is 2. The second kappa shape index (κ2) is 13.7. The van der Waals surface area contributed by atoms with Crippen molar-refractivity contribution in [2.45, 2.75) is 46.1 Å². The molecule has 0 atom stereocenters. The number of urea groups is 2. The van der Waals surface area contributed by atoms with Crippen molar-refractivity contribution in [3.05, 3.63) is 76.2 Å². The minimum absolute atomic E-state index is 0.0392. The zero-order valence-electron chi connectivity index (χ0n) is 24.0. The van der Waals surface area contributed by atoms with Crippen molar-refractivity contribution in [1.82, 2.24) is 25.1 Å². The van der Waals surface area contributed by atoms with E-state index >= 15 is 0 Å². The second-order valence-electron chi connectivity index (χ2n) is 10.4. The summed E-state index contributed by atoms with van der Waals surface area (Å²) in [4.78, 5) is 33.0. The largest absolute Gasteiger partial charge is 0.437 e. The lowest BCUT2D eigenvalue weighted by Gasteiger charge is -2.14. The van der Waals surface area contributed by atoms with Crippen molar-refractivity contribution in [1.29, 1.82) is 0 Å². The fourth-order valence-corrected chi connectivity index (χ4v) is 4.14. The molecule has 0 radical (unpaired) electrons. The molecule has 2 aromatic heterocycles. The number of amides is 4. The van der Waals surface area contributed by atoms with Gasteiger partial charge in [-0.3, -0.25) is 10.6 Å². The summed E-state index contributed by atoms with van der Waals surface area (Å²) >= 11 is 13.0. The van der Waals surface area contributed by atoms with E-state index in [4.69, 9.17) is 33.0 Å². The molecule has 0 saturated heterocycles. The summed E-state index contributed by atoms with van der Waals surface area (Å²) in [5.41, 5.74) is 2.18. The van der Waals surface area contributed by atoms with Gasteiger partial charge < -0.3 is 20.5 Å². The maximum Gasteiger partial charge on any atom is 0.324 e. The predicted octanol–water partition coefficient (Wildman–Crippen LogP) is 6.73. The maximum atomic E-state index is 13.1. The summed E-state index contributed by atoms with van der Waals surface area (Å²) in [6.45, 7) is 8.45. The molecule has 4 aromatic rings. The molecule has 0 bridgehead atoms. The molecule has 0 saturated carbocycles. The van der Waals surface area contributed by atoms with Gasteiger partial charge in [-0.25, -0.2) is 24.2 Å². The first-order valence-corrected chi connectivity index (χ1v) is 14.2. The summed E-state index contributed by atoms with van der Waals surface area (Å²) in [6.07, 6.45) is 2.03. The Morgan fingerprint density at radius 1 is 0.953 bits per heavy atom. The van der Waals surface area contributed by atoms with E-state index in [9.17, 15) is 14.7 Å². The summed E-state index contributed by atoms with van der Waals surface area (Å²) in [5.74, 6) is 0.955. The molecule has 0 aliphatic rings. The minimum Gasteiger partial charge on any atom is -0.437 e. The number of carbonyl (C=O) groups is 2. The number of hydrogen-bond acceptors (Lipinski definition) is 7. The predicted molar refractivity (Wildman–Crippen MR) is 167 cm³/mol. The highest BCUT2D eigenvalue weighted by Crippen LogP contribution is 2.39. The SMILES string of the molecule is CCCNC(=O)Nc1cc(Oc2ccc(NC(=O)Nc3cc(C(C)(C)C)nn3-c3ccc(CO)cc3)c(Cl)c2Cl)ncn1. The number of hydrogen-bond donors (Lipinski definition) is 5. The lowest BCUT2D eigenvalue weighted by atomic mass is 9.92. The van der Waals surface area contributed by atoms with Crippen LogP contribution >= 0.6 is 23.2 Å². The highest BCUT2D eigenvalue weighted by molar-refractivity contribution is 6.45. The Balaban J connectivity index is 1.49. The number of carbonyl (C=O) groups excluding carboxylic acids is 2. The Bertz CT molecular complexity index is 1600. The number of nitrogens with zero attached hydrogens (tertiary/aromatic N) is 4. The first kappa shape index (κ1) is 31.5. The van der Waals surface area contributed by atoms with Gasteiger partial charge in [0.1, 0.15) is 28.7 Å². The summed E-state index contributed by atoms with van der Waals surface area (Å²) in [7, 11) is 0. The van der Waals surface area contributed by atoms with Gasteiger partial charge in [0.15, 0.2) is 0 Å². The molecular weight excluding hydrogens is 595 g/mol. The molecule has 14 heteroatoms. The Kier molecular flexibility index (Phi) is 10.1. The van der Waals surface area contributed by atoms with E-state index < -0.39 is 12.1 Å². The number of nitrogens with one attached hydrogen (secondary N) is 4. The maximum absolute atomic E-state index is 13.1. The van der Waals surface area contributed by atoms with E-state index in [2.05, 4.69) is 31.2 Å². The summed E-state index contributed by atoms with van der Waals surface area (Å²) < 4.78 is 7.39. The number of aliphatic hydroxyl groups is 1. The monoisotopic (exact) mass is 626 g/mol. The molecule has 12 nitrogen and oxygen atoms in total. The van der Waals surface area contributed by atoms with E-state index in [1.54, 1.807) is 35.0 Å². The third-order valence-corrected chi connectivity index (χ3v) is 6.88. The first-order chi connectivity index (χ1) is 20.5. The molecule has 43 heavy (non-hydrogen) atoms. The molecule has 0 fully saturated rings. The van der Waals surface area contributed by atoms with Gasteiger partial charge in [-0.05, 0) is 36.2 Å². The van der Waals surface area contributed by atoms with E-state index in [0.29, 0.717) is 18.1 Å². The van der Waals surface area contributed by atoms with Crippen LogP contribution in [0.1, 0.15) is 45.4 Å². The van der Waals surface area contributed by atoms with Crippen LogP contribution in [-0.2, 0) is 12.0 Å². The van der Waals surface area contributed by atoms with Crippen LogP contribution in [0.25, 0.3) is 5.69 Å². The quantitative estimate of drug-likeness (QED) is 0.138. The number of aliphatic hydroxyl groups excluding tert-OH is 1. The van der Waals surface area contributed by atoms with E-state index in [1.165, 1.54) is 24.5 Å². The Hall–Kier alpha value is -4.39. The number of benzene rings is 2. The van der Waals surface area contributed by atoms with Crippen molar-refractivity contribution in [2.75, 3.05) is 22.5 Å².